The molecule has 0 radical (unpaired) electrons. The number of aliphatic hydroxyl groups excluding tert-OH is 2. The average Bonchev–Trinajstić information content (AvgIpc) is 2.44. The van der Waals surface area contributed by atoms with Crippen molar-refractivity contribution >= 4 is 0 Å². The Labute approximate surface area is 63.7 Å². The number of rotatable bonds is 0. The van der Waals surface area contributed by atoms with Crippen LogP contribution in [0.2, 0.25) is 0 Å². The molecular formula is C6H11NO4. The summed E-state index contributed by atoms with van der Waals surface area (Å²) in [7, 11) is 0. The Morgan fingerprint density at radius 2 is 2.00 bits per heavy atom. The fraction of sp³-hybridized carbons (Fsp3) is 1.00. The summed E-state index contributed by atoms with van der Waals surface area (Å²) in [5, 5.41) is 18.5. The summed E-state index contributed by atoms with van der Waals surface area (Å²) in [6, 6.07) is -0.538. The van der Waals surface area contributed by atoms with E-state index in [0.717, 1.165) is 0 Å². The van der Waals surface area contributed by atoms with E-state index in [1.807, 2.05) is 0 Å². The number of hydrogen-bond acceptors (Lipinski definition) is 5. The monoisotopic (exact) mass is 161 g/mol. The van der Waals surface area contributed by atoms with E-state index in [0.29, 0.717) is 6.61 Å². The molecule has 0 unspecified atom stereocenters. The van der Waals surface area contributed by atoms with Crippen molar-refractivity contribution < 1.29 is 19.7 Å². The molecule has 0 aromatic carbocycles. The van der Waals surface area contributed by atoms with Crippen molar-refractivity contribution in [2.24, 2.45) is 5.73 Å². The number of fused-ring (bicyclic) bond motifs is 2. The molecule has 0 aliphatic carbocycles. The van der Waals surface area contributed by atoms with Crippen LogP contribution in [-0.2, 0) is 9.47 Å². The van der Waals surface area contributed by atoms with Crippen LogP contribution in [0.4, 0.5) is 0 Å². The van der Waals surface area contributed by atoms with E-state index in [4.69, 9.17) is 15.2 Å². The van der Waals surface area contributed by atoms with Crippen molar-refractivity contribution in [2.75, 3.05) is 6.61 Å². The van der Waals surface area contributed by atoms with Crippen molar-refractivity contribution in [1.29, 1.82) is 0 Å². The van der Waals surface area contributed by atoms with E-state index >= 15 is 0 Å². The molecule has 0 aromatic rings. The Balaban J connectivity index is 2.16. The molecule has 5 atom stereocenters. The van der Waals surface area contributed by atoms with Crippen molar-refractivity contribution in [3.8, 4) is 0 Å². The van der Waals surface area contributed by atoms with E-state index in [2.05, 4.69) is 0 Å². The molecule has 4 N–H and O–H groups in total. The van der Waals surface area contributed by atoms with Gasteiger partial charge in [-0.15, -0.1) is 0 Å². The minimum atomic E-state index is -1.01. The molecule has 2 aliphatic rings. The van der Waals surface area contributed by atoms with E-state index in [1.165, 1.54) is 0 Å². The van der Waals surface area contributed by atoms with Crippen LogP contribution in [-0.4, -0.2) is 47.5 Å². The molecule has 2 bridgehead atoms. The van der Waals surface area contributed by atoms with Crippen molar-refractivity contribution in [1.82, 2.24) is 0 Å². The first-order valence-corrected chi connectivity index (χ1v) is 3.59. The topological polar surface area (TPSA) is 84.9 Å². The van der Waals surface area contributed by atoms with Crippen LogP contribution >= 0.6 is 0 Å². The summed E-state index contributed by atoms with van der Waals surface area (Å²) in [5.74, 6) is 0. The third-order valence-electron chi connectivity index (χ3n) is 2.19. The van der Waals surface area contributed by atoms with Gasteiger partial charge in [-0.1, -0.05) is 0 Å². The number of aliphatic hydroxyl groups is 2. The lowest BCUT2D eigenvalue weighted by Crippen LogP contribution is -2.57. The van der Waals surface area contributed by atoms with Gasteiger partial charge in [-0.2, -0.15) is 0 Å². The molecular weight excluding hydrogens is 150 g/mol. The fourth-order valence-corrected chi connectivity index (χ4v) is 1.43. The summed E-state index contributed by atoms with van der Waals surface area (Å²) in [5.41, 5.74) is 5.54. The van der Waals surface area contributed by atoms with Crippen molar-refractivity contribution in [2.45, 2.75) is 30.6 Å². The van der Waals surface area contributed by atoms with Crippen LogP contribution in [0.25, 0.3) is 0 Å². The molecule has 0 saturated carbocycles. The molecule has 2 saturated heterocycles. The maximum absolute atomic E-state index is 9.29. The van der Waals surface area contributed by atoms with Gasteiger partial charge in [0.15, 0.2) is 6.29 Å². The Morgan fingerprint density at radius 3 is 2.73 bits per heavy atom. The van der Waals surface area contributed by atoms with Crippen molar-refractivity contribution in [3.63, 3.8) is 0 Å². The molecule has 5 nitrogen and oxygen atoms in total. The van der Waals surface area contributed by atoms with Crippen LogP contribution in [0.1, 0.15) is 0 Å². The zero-order valence-electron chi connectivity index (χ0n) is 5.88. The lowest BCUT2D eigenvalue weighted by atomic mass is 9.99. The predicted octanol–water partition coefficient (Wildman–Crippen LogP) is -2.21. The van der Waals surface area contributed by atoms with Gasteiger partial charge < -0.3 is 25.4 Å². The molecule has 2 heterocycles. The standard InChI is InChI=1S/C6H11NO4/c7-3-2-1-10-6(11-2)5(9)4(3)8/h2-6,8-9H,1,7H2/t2-,3-,4-,5+,6-/m1/s1. The summed E-state index contributed by atoms with van der Waals surface area (Å²) < 4.78 is 10.2. The molecule has 2 fully saturated rings. The second-order valence-electron chi connectivity index (χ2n) is 2.93. The third kappa shape index (κ3) is 0.969. The van der Waals surface area contributed by atoms with E-state index in [9.17, 15) is 10.2 Å². The minimum Gasteiger partial charge on any atom is -0.388 e. The highest BCUT2D eigenvalue weighted by Crippen LogP contribution is 2.26. The van der Waals surface area contributed by atoms with Crippen LogP contribution < -0.4 is 5.73 Å². The Bertz CT molecular complexity index is 145. The second-order valence-corrected chi connectivity index (χ2v) is 2.93. The molecule has 2 rings (SSSR count). The van der Waals surface area contributed by atoms with Gasteiger partial charge in [-0.3, -0.25) is 0 Å². The zero-order chi connectivity index (χ0) is 8.01. The van der Waals surface area contributed by atoms with Gasteiger partial charge in [0.1, 0.15) is 18.3 Å². The van der Waals surface area contributed by atoms with Gasteiger partial charge in [0.05, 0.1) is 12.6 Å². The highest BCUT2D eigenvalue weighted by Gasteiger charge is 2.47. The Kier molecular flexibility index (Phi) is 1.62. The molecule has 5 heteroatoms. The van der Waals surface area contributed by atoms with Gasteiger partial charge in [-0.25, -0.2) is 0 Å². The van der Waals surface area contributed by atoms with E-state index in [1.54, 1.807) is 0 Å². The van der Waals surface area contributed by atoms with Gasteiger partial charge >= 0.3 is 0 Å². The molecule has 2 aliphatic heterocycles. The third-order valence-corrected chi connectivity index (χ3v) is 2.19. The van der Waals surface area contributed by atoms with Crippen LogP contribution in [0.5, 0.6) is 0 Å². The maximum atomic E-state index is 9.29. The molecule has 0 amide bonds. The average molecular weight is 161 g/mol. The Morgan fingerprint density at radius 1 is 1.27 bits per heavy atom. The van der Waals surface area contributed by atoms with Gasteiger partial charge in [-0.05, 0) is 0 Å². The Hall–Kier alpha value is -0.200. The van der Waals surface area contributed by atoms with Crippen molar-refractivity contribution in [3.05, 3.63) is 0 Å². The first kappa shape index (κ1) is 7.45. The minimum absolute atomic E-state index is 0.265. The maximum Gasteiger partial charge on any atom is 0.186 e. The highest BCUT2D eigenvalue weighted by atomic mass is 16.7. The summed E-state index contributed by atoms with van der Waals surface area (Å²) in [6.45, 7) is 0.361. The van der Waals surface area contributed by atoms with Gasteiger partial charge in [0.25, 0.3) is 0 Å². The first-order valence-electron chi connectivity index (χ1n) is 3.59. The normalized spacial score (nSPS) is 56.5. The van der Waals surface area contributed by atoms with Gasteiger partial charge in [0, 0.05) is 0 Å². The largest absolute Gasteiger partial charge is 0.388 e. The zero-order valence-corrected chi connectivity index (χ0v) is 5.88. The first-order chi connectivity index (χ1) is 5.20. The highest BCUT2D eigenvalue weighted by molar-refractivity contribution is 4.95. The number of hydrogen-bond donors (Lipinski definition) is 3. The fourth-order valence-electron chi connectivity index (χ4n) is 1.43. The quantitative estimate of drug-likeness (QED) is 0.375. The smallest absolute Gasteiger partial charge is 0.186 e. The second kappa shape index (κ2) is 2.40. The lowest BCUT2D eigenvalue weighted by Gasteiger charge is -2.33. The molecule has 0 spiro atoms. The van der Waals surface area contributed by atoms with Gasteiger partial charge in [0.2, 0.25) is 0 Å². The summed E-state index contributed by atoms with van der Waals surface area (Å²) in [6.07, 6.45) is -2.89. The van der Waals surface area contributed by atoms with E-state index < -0.39 is 24.5 Å². The van der Waals surface area contributed by atoms with E-state index in [-0.39, 0.29) is 6.10 Å². The predicted molar refractivity (Wildman–Crippen MR) is 34.6 cm³/mol. The molecule has 64 valence electrons. The summed E-state index contributed by atoms with van der Waals surface area (Å²) in [4.78, 5) is 0. The SMILES string of the molecule is N[C@H]1[C@@H](O)[C@H](O)[C@@H]2OC[C@H]1O2. The van der Waals surface area contributed by atoms with Crippen LogP contribution in [0, 0.1) is 0 Å². The lowest BCUT2D eigenvalue weighted by molar-refractivity contribution is -0.198. The van der Waals surface area contributed by atoms with Crippen LogP contribution in [0.3, 0.4) is 0 Å². The van der Waals surface area contributed by atoms with Crippen LogP contribution in [0.15, 0.2) is 0 Å². The number of nitrogens with two attached hydrogens (primary N) is 1. The summed E-state index contributed by atoms with van der Waals surface area (Å²) >= 11 is 0. The number of ether oxygens (including phenoxy) is 2. The molecule has 11 heavy (non-hydrogen) atoms. The molecule has 0 aromatic heterocycles.